The van der Waals surface area contributed by atoms with Crippen molar-refractivity contribution in [3.8, 4) is 23.0 Å². The molecule has 1 atom stereocenters. The van der Waals surface area contributed by atoms with Gasteiger partial charge in [-0.1, -0.05) is 32.3 Å². The second-order valence-corrected chi connectivity index (χ2v) is 10.3. The van der Waals surface area contributed by atoms with Crippen LogP contribution in [0.2, 0.25) is 0 Å². The van der Waals surface area contributed by atoms with Crippen LogP contribution >= 0.6 is 0 Å². The minimum absolute atomic E-state index is 0.0798. The molecule has 204 valence electrons. The topological polar surface area (TPSA) is 70.4 Å². The highest BCUT2D eigenvalue weighted by Crippen LogP contribution is 2.46. The third kappa shape index (κ3) is 5.48. The van der Waals surface area contributed by atoms with Crippen molar-refractivity contribution in [2.24, 2.45) is 0 Å². The summed E-state index contributed by atoms with van der Waals surface area (Å²) in [6, 6.07) is 9.69. The fraction of sp³-hybridized carbons (Fsp3) is 0.516. The lowest BCUT2D eigenvalue weighted by Gasteiger charge is -2.29. The van der Waals surface area contributed by atoms with E-state index in [0.717, 1.165) is 85.3 Å². The van der Waals surface area contributed by atoms with Gasteiger partial charge in [0.05, 0.1) is 19.6 Å². The van der Waals surface area contributed by atoms with Crippen molar-refractivity contribution in [1.82, 2.24) is 4.90 Å². The maximum absolute atomic E-state index is 12.9. The SMILES string of the molecule is CCCCCc1cc(=O)oc2c([C@H](CCN3CCCCC3)c3ccc4c(c3)OCO4)c(OC)cc(OC)c12. The molecule has 7 heteroatoms. The van der Waals surface area contributed by atoms with Crippen molar-refractivity contribution in [3.05, 3.63) is 57.4 Å². The van der Waals surface area contributed by atoms with E-state index in [9.17, 15) is 4.79 Å². The van der Waals surface area contributed by atoms with Crippen LogP contribution in [0.3, 0.4) is 0 Å². The highest BCUT2D eigenvalue weighted by Gasteiger charge is 2.29. The first-order valence-electron chi connectivity index (χ1n) is 14.0. The second kappa shape index (κ2) is 12.1. The van der Waals surface area contributed by atoms with Gasteiger partial charge < -0.3 is 28.3 Å². The van der Waals surface area contributed by atoms with Crippen molar-refractivity contribution in [2.75, 3.05) is 40.6 Å². The average Bonchev–Trinajstić information content (AvgIpc) is 3.41. The number of likely N-dealkylation sites (tertiary alicyclic amines) is 1. The standard InChI is InChI=1S/C31H39NO6/c1-4-5-7-10-22-18-28(33)38-31-29(22)26(34-2)19-27(35-3)30(31)23(13-16-32-14-8-6-9-15-32)21-11-12-24-25(17-21)37-20-36-24/h11-12,17-19,23H,4-10,13-16,20H2,1-3H3/t23-/m1/s1. The van der Waals surface area contributed by atoms with E-state index >= 15 is 0 Å². The van der Waals surface area contributed by atoms with Crippen LogP contribution in [0.4, 0.5) is 0 Å². The minimum Gasteiger partial charge on any atom is -0.496 e. The molecule has 38 heavy (non-hydrogen) atoms. The van der Waals surface area contributed by atoms with Crippen LogP contribution in [0.1, 0.15) is 74.5 Å². The molecule has 0 unspecified atom stereocenters. The number of rotatable bonds is 11. The number of aryl methyl sites for hydroxylation is 1. The molecule has 0 N–H and O–H groups in total. The highest BCUT2D eigenvalue weighted by atomic mass is 16.7. The Balaban J connectivity index is 1.67. The Labute approximate surface area is 224 Å². The van der Waals surface area contributed by atoms with Crippen molar-refractivity contribution in [2.45, 2.75) is 64.2 Å². The van der Waals surface area contributed by atoms with Crippen LogP contribution < -0.4 is 24.6 Å². The molecule has 0 aliphatic carbocycles. The van der Waals surface area contributed by atoms with Crippen LogP contribution in [-0.2, 0) is 6.42 Å². The summed E-state index contributed by atoms with van der Waals surface area (Å²) in [6.45, 7) is 5.58. The number of hydrogen-bond acceptors (Lipinski definition) is 7. The molecular formula is C31H39NO6. The number of nitrogens with zero attached hydrogens (tertiary/aromatic N) is 1. The van der Waals surface area contributed by atoms with Gasteiger partial charge in [-0.15, -0.1) is 0 Å². The summed E-state index contributed by atoms with van der Waals surface area (Å²) in [5.74, 6) is 2.73. The third-order valence-corrected chi connectivity index (χ3v) is 7.88. The smallest absolute Gasteiger partial charge is 0.336 e. The summed E-state index contributed by atoms with van der Waals surface area (Å²) in [7, 11) is 3.31. The van der Waals surface area contributed by atoms with Gasteiger partial charge in [0.15, 0.2) is 11.5 Å². The van der Waals surface area contributed by atoms with Gasteiger partial charge in [-0.2, -0.15) is 0 Å². The fourth-order valence-corrected chi connectivity index (χ4v) is 5.91. The van der Waals surface area contributed by atoms with Crippen LogP contribution in [0.15, 0.2) is 39.5 Å². The summed E-state index contributed by atoms with van der Waals surface area (Å²) in [5.41, 5.74) is 3.14. The largest absolute Gasteiger partial charge is 0.496 e. The molecule has 2 aromatic carbocycles. The van der Waals surface area contributed by atoms with Gasteiger partial charge in [-0.05, 0) is 75.0 Å². The molecule has 1 fully saturated rings. The first-order valence-corrected chi connectivity index (χ1v) is 14.0. The van der Waals surface area contributed by atoms with E-state index in [2.05, 4.69) is 24.0 Å². The lowest BCUT2D eigenvalue weighted by atomic mass is 9.85. The number of fused-ring (bicyclic) bond motifs is 2. The minimum atomic E-state index is -0.346. The average molecular weight is 522 g/mol. The maximum Gasteiger partial charge on any atom is 0.336 e. The van der Waals surface area contributed by atoms with Crippen LogP contribution in [0.25, 0.3) is 11.0 Å². The molecule has 1 aromatic heterocycles. The Hall–Kier alpha value is -3.19. The van der Waals surface area contributed by atoms with Crippen molar-refractivity contribution >= 4 is 11.0 Å². The number of ether oxygens (including phenoxy) is 4. The monoisotopic (exact) mass is 521 g/mol. The van der Waals surface area contributed by atoms with Crippen molar-refractivity contribution < 1.29 is 23.4 Å². The summed E-state index contributed by atoms with van der Waals surface area (Å²) >= 11 is 0. The van der Waals surface area contributed by atoms with Crippen LogP contribution in [0, 0.1) is 0 Å². The van der Waals surface area contributed by atoms with E-state index < -0.39 is 0 Å². The molecule has 1 saturated heterocycles. The zero-order chi connectivity index (χ0) is 26.5. The summed E-state index contributed by atoms with van der Waals surface area (Å²) in [6.07, 6.45) is 8.62. The lowest BCUT2D eigenvalue weighted by molar-refractivity contribution is 0.174. The van der Waals surface area contributed by atoms with Gasteiger partial charge in [0, 0.05) is 23.6 Å². The molecular weight excluding hydrogens is 482 g/mol. The number of methoxy groups -OCH3 is 2. The Bertz CT molecular complexity index is 1310. The Kier molecular flexibility index (Phi) is 8.42. The zero-order valence-corrected chi connectivity index (χ0v) is 22.8. The summed E-state index contributed by atoms with van der Waals surface area (Å²) in [5, 5.41) is 0.864. The molecule has 0 radical (unpaired) electrons. The molecule has 0 amide bonds. The summed E-state index contributed by atoms with van der Waals surface area (Å²) < 4.78 is 29.1. The Morgan fingerprint density at radius 3 is 2.50 bits per heavy atom. The molecule has 0 spiro atoms. The van der Waals surface area contributed by atoms with Gasteiger partial charge in [-0.25, -0.2) is 4.79 Å². The van der Waals surface area contributed by atoms with Gasteiger partial charge >= 0.3 is 5.63 Å². The number of piperidine rings is 1. The molecule has 3 aromatic rings. The Morgan fingerprint density at radius 2 is 1.74 bits per heavy atom. The number of hydrogen-bond donors (Lipinski definition) is 0. The van der Waals surface area contributed by atoms with Crippen LogP contribution in [0.5, 0.6) is 23.0 Å². The van der Waals surface area contributed by atoms with E-state index in [-0.39, 0.29) is 18.3 Å². The predicted molar refractivity (Wildman–Crippen MR) is 148 cm³/mol. The van der Waals surface area contributed by atoms with Crippen molar-refractivity contribution in [3.63, 3.8) is 0 Å². The molecule has 5 rings (SSSR count). The summed E-state index contributed by atoms with van der Waals surface area (Å²) in [4.78, 5) is 15.4. The normalized spacial score (nSPS) is 16.1. The molecule has 0 bridgehead atoms. The molecule has 2 aliphatic heterocycles. The van der Waals surface area contributed by atoms with E-state index in [1.54, 1.807) is 20.3 Å². The molecule has 0 saturated carbocycles. The second-order valence-electron chi connectivity index (χ2n) is 10.3. The first kappa shape index (κ1) is 26.4. The van der Waals surface area contributed by atoms with Gasteiger partial charge in [0.25, 0.3) is 0 Å². The molecule has 2 aliphatic rings. The van der Waals surface area contributed by atoms with E-state index in [1.165, 1.54) is 19.3 Å². The number of unbranched alkanes of at least 4 members (excludes halogenated alkanes) is 2. The van der Waals surface area contributed by atoms with Crippen molar-refractivity contribution in [1.29, 1.82) is 0 Å². The zero-order valence-electron chi connectivity index (χ0n) is 22.8. The molecule has 3 heterocycles. The third-order valence-electron chi connectivity index (χ3n) is 7.88. The van der Waals surface area contributed by atoms with E-state index in [1.807, 2.05) is 12.1 Å². The van der Waals surface area contributed by atoms with Gasteiger partial charge in [-0.3, -0.25) is 0 Å². The first-order chi connectivity index (χ1) is 18.6. The number of benzene rings is 2. The highest BCUT2D eigenvalue weighted by molar-refractivity contribution is 5.92. The fourth-order valence-electron chi connectivity index (χ4n) is 5.91. The van der Waals surface area contributed by atoms with Crippen LogP contribution in [-0.4, -0.2) is 45.5 Å². The van der Waals surface area contributed by atoms with E-state index in [0.29, 0.717) is 17.1 Å². The Morgan fingerprint density at radius 1 is 0.947 bits per heavy atom. The lowest BCUT2D eigenvalue weighted by Crippen LogP contribution is -2.31. The van der Waals surface area contributed by atoms with Gasteiger partial charge in [0.1, 0.15) is 17.1 Å². The maximum atomic E-state index is 12.9. The van der Waals surface area contributed by atoms with E-state index in [4.69, 9.17) is 23.4 Å². The predicted octanol–water partition coefficient (Wildman–Crippen LogP) is 6.28. The molecule has 7 nitrogen and oxygen atoms in total. The van der Waals surface area contributed by atoms with Gasteiger partial charge in [0.2, 0.25) is 6.79 Å². The quantitative estimate of drug-likeness (QED) is 0.217.